The normalized spacial score (nSPS) is 10.0. The van der Waals surface area contributed by atoms with E-state index in [0.29, 0.717) is 5.69 Å². The molecule has 0 heterocycles. The number of hydrogen-bond donors (Lipinski definition) is 4. The zero-order valence-corrected chi connectivity index (χ0v) is 13.5. The van der Waals surface area contributed by atoms with Crippen LogP contribution in [0.1, 0.15) is 5.56 Å². The third kappa shape index (κ3) is 6.29. The van der Waals surface area contributed by atoms with Crippen LogP contribution in [0, 0.1) is 0 Å². The second-order valence-corrected chi connectivity index (χ2v) is 5.04. The minimum Gasteiger partial charge on any atom is -0.307 e. The van der Waals surface area contributed by atoms with Gasteiger partial charge in [-0.15, -0.1) is 0 Å². The molecule has 24 heavy (non-hydrogen) atoms. The summed E-state index contributed by atoms with van der Waals surface area (Å²) in [5, 5.41) is 5.01. The van der Waals surface area contributed by atoms with E-state index in [9.17, 15) is 9.59 Å². The topological polar surface area (TPSA) is 82.3 Å². The Hall–Kier alpha value is -3.19. The Morgan fingerprint density at radius 2 is 1.50 bits per heavy atom. The molecule has 6 nitrogen and oxygen atoms in total. The molecule has 0 saturated carbocycles. The van der Waals surface area contributed by atoms with Gasteiger partial charge in [0.25, 0.3) is 0 Å². The molecule has 4 N–H and O–H groups in total. The highest BCUT2D eigenvalue weighted by Crippen LogP contribution is 2.03. The first-order valence-electron chi connectivity index (χ1n) is 7.09. The highest BCUT2D eigenvalue weighted by atomic mass is 32.1. The van der Waals surface area contributed by atoms with Crippen LogP contribution < -0.4 is 21.5 Å². The van der Waals surface area contributed by atoms with Crippen LogP contribution in [0.4, 0.5) is 10.5 Å². The molecular formula is C17H16N4O2S. The summed E-state index contributed by atoms with van der Waals surface area (Å²) < 4.78 is 0. The zero-order chi connectivity index (χ0) is 17.2. The maximum Gasteiger partial charge on any atom is 0.337 e. The summed E-state index contributed by atoms with van der Waals surface area (Å²) in [4.78, 5) is 23.4. The van der Waals surface area contributed by atoms with Gasteiger partial charge < -0.3 is 5.32 Å². The Kier molecular flexibility index (Phi) is 6.48. The molecule has 0 unspecified atom stereocenters. The number of rotatable bonds is 3. The van der Waals surface area contributed by atoms with E-state index in [4.69, 9.17) is 12.2 Å². The van der Waals surface area contributed by atoms with Crippen LogP contribution in [-0.4, -0.2) is 17.1 Å². The number of amides is 3. The lowest BCUT2D eigenvalue weighted by Gasteiger charge is -2.10. The number of benzene rings is 2. The third-order valence-corrected chi connectivity index (χ3v) is 2.99. The van der Waals surface area contributed by atoms with E-state index < -0.39 is 11.9 Å². The Labute approximate surface area is 144 Å². The number of thiocarbonyl (C=S) groups is 1. The van der Waals surface area contributed by atoms with E-state index in [1.54, 1.807) is 30.3 Å². The minimum absolute atomic E-state index is 0.0130. The van der Waals surface area contributed by atoms with E-state index in [-0.39, 0.29) is 5.11 Å². The Balaban J connectivity index is 1.71. The Morgan fingerprint density at radius 3 is 2.17 bits per heavy atom. The fraction of sp³-hybridized carbons (Fsp3) is 0. The van der Waals surface area contributed by atoms with E-state index in [1.165, 1.54) is 6.08 Å². The van der Waals surface area contributed by atoms with Gasteiger partial charge in [0, 0.05) is 11.8 Å². The number of carbonyl (C=O) groups is 2. The second kappa shape index (κ2) is 9.06. The molecule has 0 atom stereocenters. The van der Waals surface area contributed by atoms with Crippen molar-refractivity contribution in [1.82, 2.24) is 16.2 Å². The summed E-state index contributed by atoms with van der Waals surface area (Å²) in [6.45, 7) is 0. The van der Waals surface area contributed by atoms with Crippen LogP contribution in [0.15, 0.2) is 66.7 Å². The van der Waals surface area contributed by atoms with Crippen molar-refractivity contribution in [3.05, 3.63) is 72.3 Å². The number of nitrogens with one attached hydrogen (secondary N) is 4. The molecule has 0 aliphatic carbocycles. The van der Waals surface area contributed by atoms with Gasteiger partial charge in [-0.3, -0.25) is 15.5 Å². The van der Waals surface area contributed by atoms with Crippen LogP contribution in [0.25, 0.3) is 6.08 Å². The summed E-state index contributed by atoms with van der Waals surface area (Å²) in [7, 11) is 0. The maximum atomic E-state index is 11.7. The number of urea groups is 1. The molecule has 122 valence electrons. The summed E-state index contributed by atoms with van der Waals surface area (Å²) in [5.41, 5.74) is 6.30. The van der Waals surface area contributed by atoms with Crippen molar-refractivity contribution in [1.29, 1.82) is 0 Å². The standard InChI is InChI=1S/C17H16N4O2S/c22-15(12-11-13-7-3-1-4-8-13)19-17(24)21-20-16(23)18-14-9-5-2-6-10-14/h1-12H,(H2,18,20,23)(H2,19,21,22,24)/b12-11+. The molecule has 0 fully saturated rings. The predicted molar refractivity (Wildman–Crippen MR) is 97.9 cm³/mol. The first-order chi connectivity index (χ1) is 11.6. The number of carbonyl (C=O) groups excluding carboxylic acids is 2. The van der Waals surface area contributed by atoms with Crippen molar-refractivity contribution in [3.8, 4) is 0 Å². The lowest BCUT2D eigenvalue weighted by Crippen LogP contribution is -2.49. The van der Waals surface area contributed by atoms with Gasteiger partial charge in [0.1, 0.15) is 0 Å². The number of para-hydroxylation sites is 1. The molecule has 0 aromatic heterocycles. The van der Waals surface area contributed by atoms with Gasteiger partial charge in [-0.1, -0.05) is 48.5 Å². The Morgan fingerprint density at radius 1 is 0.875 bits per heavy atom. The summed E-state index contributed by atoms with van der Waals surface area (Å²) in [6.07, 6.45) is 3.01. The van der Waals surface area contributed by atoms with E-state index >= 15 is 0 Å². The van der Waals surface area contributed by atoms with Gasteiger partial charge in [0.2, 0.25) is 5.91 Å². The largest absolute Gasteiger partial charge is 0.337 e. The molecule has 2 rings (SSSR count). The second-order valence-electron chi connectivity index (χ2n) is 4.63. The van der Waals surface area contributed by atoms with Crippen molar-refractivity contribution >= 4 is 41.0 Å². The molecule has 0 radical (unpaired) electrons. The molecule has 0 aliphatic heterocycles. The van der Waals surface area contributed by atoms with Crippen LogP contribution in [0.2, 0.25) is 0 Å². The molecule has 3 amide bonds. The molecule has 0 saturated heterocycles. The third-order valence-electron chi connectivity index (χ3n) is 2.78. The van der Waals surface area contributed by atoms with Crippen molar-refractivity contribution in [2.75, 3.05) is 5.32 Å². The fourth-order valence-corrected chi connectivity index (χ4v) is 1.87. The molecular weight excluding hydrogens is 324 g/mol. The molecule has 0 spiro atoms. The van der Waals surface area contributed by atoms with Crippen molar-refractivity contribution in [2.24, 2.45) is 0 Å². The molecule has 0 aliphatic rings. The first-order valence-corrected chi connectivity index (χ1v) is 7.50. The fourth-order valence-electron chi connectivity index (χ4n) is 1.72. The van der Waals surface area contributed by atoms with Gasteiger partial charge in [-0.05, 0) is 36.0 Å². The van der Waals surface area contributed by atoms with Gasteiger partial charge in [-0.25, -0.2) is 10.2 Å². The predicted octanol–water partition coefficient (Wildman–Crippen LogP) is 2.43. The molecule has 2 aromatic carbocycles. The highest BCUT2D eigenvalue weighted by molar-refractivity contribution is 7.80. The number of hydrogen-bond acceptors (Lipinski definition) is 3. The smallest absolute Gasteiger partial charge is 0.307 e. The maximum absolute atomic E-state index is 11.7. The quantitative estimate of drug-likeness (QED) is 0.393. The molecule has 0 bridgehead atoms. The van der Waals surface area contributed by atoms with Crippen LogP contribution >= 0.6 is 12.2 Å². The number of anilines is 1. The van der Waals surface area contributed by atoms with Gasteiger partial charge in [0.05, 0.1) is 0 Å². The highest BCUT2D eigenvalue weighted by Gasteiger charge is 2.03. The lowest BCUT2D eigenvalue weighted by atomic mass is 10.2. The van der Waals surface area contributed by atoms with E-state index in [0.717, 1.165) is 5.56 Å². The van der Waals surface area contributed by atoms with Crippen molar-refractivity contribution in [2.45, 2.75) is 0 Å². The van der Waals surface area contributed by atoms with E-state index in [2.05, 4.69) is 21.5 Å². The van der Waals surface area contributed by atoms with Crippen LogP contribution in [0.3, 0.4) is 0 Å². The van der Waals surface area contributed by atoms with Gasteiger partial charge in [0.15, 0.2) is 5.11 Å². The monoisotopic (exact) mass is 340 g/mol. The van der Waals surface area contributed by atoms with E-state index in [1.807, 2.05) is 36.4 Å². The number of hydrazine groups is 1. The average Bonchev–Trinajstić information content (AvgIpc) is 2.60. The van der Waals surface area contributed by atoms with Crippen molar-refractivity contribution < 1.29 is 9.59 Å². The SMILES string of the molecule is O=C(/C=C/c1ccccc1)NC(=S)NNC(=O)Nc1ccccc1. The zero-order valence-electron chi connectivity index (χ0n) is 12.7. The summed E-state index contributed by atoms with van der Waals surface area (Å²) >= 11 is 4.92. The first kappa shape index (κ1) is 17.2. The Bertz CT molecular complexity index is 733. The minimum atomic E-state index is -0.502. The average molecular weight is 340 g/mol. The van der Waals surface area contributed by atoms with Crippen LogP contribution in [-0.2, 0) is 4.79 Å². The van der Waals surface area contributed by atoms with Crippen LogP contribution in [0.5, 0.6) is 0 Å². The molecule has 7 heteroatoms. The molecule has 2 aromatic rings. The van der Waals surface area contributed by atoms with Gasteiger partial charge in [-0.2, -0.15) is 0 Å². The van der Waals surface area contributed by atoms with Crippen molar-refractivity contribution in [3.63, 3.8) is 0 Å². The lowest BCUT2D eigenvalue weighted by molar-refractivity contribution is -0.115. The summed E-state index contributed by atoms with van der Waals surface area (Å²) in [5.74, 6) is -0.401. The van der Waals surface area contributed by atoms with Gasteiger partial charge >= 0.3 is 6.03 Å². The summed E-state index contributed by atoms with van der Waals surface area (Å²) in [6, 6.07) is 17.8.